The van der Waals surface area contributed by atoms with Gasteiger partial charge in [-0.1, -0.05) is 53.2 Å². The van der Waals surface area contributed by atoms with Gasteiger partial charge in [0.25, 0.3) is 0 Å². The molecule has 0 unspecified atom stereocenters. The zero-order chi connectivity index (χ0) is 21.2. The van der Waals surface area contributed by atoms with Gasteiger partial charge in [0.2, 0.25) is 0 Å². The van der Waals surface area contributed by atoms with Crippen molar-refractivity contribution in [2.24, 2.45) is 5.16 Å². The third-order valence-corrected chi connectivity index (χ3v) is 4.95. The molecule has 1 aromatic heterocycles. The minimum absolute atomic E-state index is 0.143. The lowest BCUT2D eigenvalue weighted by Gasteiger charge is -2.15. The first-order chi connectivity index (χ1) is 14.6. The number of benzene rings is 1. The number of rotatable bonds is 10. The number of nitrogens with zero attached hydrogens (tertiary/aromatic N) is 2. The van der Waals surface area contributed by atoms with Crippen LogP contribution in [0, 0.1) is 0 Å². The van der Waals surface area contributed by atoms with Gasteiger partial charge in [0, 0.05) is 25.5 Å². The quantitative estimate of drug-likeness (QED) is 0.349. The molecule has 0 saturated carbocycles. The number of carbonyl (C=O) groups is 1. The highest BCUT2D eigenvalue weighted by molar-refractivity contribution is 5.98. The Hall–Kier alpha value is -3.25. The molecular weight excluding hydrogens is 378 g/mol. The van der Waals surface area contributed by atoms with Crippen molar-refractivity contribution in [1.29, 1.82) is 0 Å². The third-order valence-electron chi connectivity index (χ3n) is 4.95. The molecule has 1 aromatic carbocycles. The maximum absolute atomic E-state index is 10.5. The summed E-state index contributed by atoms with van der Waals surface area (Å²) in [6.45, 7) is 3.59. The Morgan fingerprint density at radius 2 is 2.00 bits per heavy atom. The molecule has 0 atom stereocenters. The van der Waals surface area contributed by atoms with E-state index in [1.807, 2.05) is 37.4 Å². The third kappa shape index (κ3) is 6.67. The average Bonchev–Trinajstić information content (AvgIpc) is 2.78. The number of aliphatic carboxylic acids is 1. The Bertz CT molecular complexity index is 932. The first-order valence-electron chi connectivity index (χ1n) is 10.1. The number of hydrogen-bond donors (Lipinski definition) is 2. The molecule has 2 aromatic rings. The fraction of sp³-hybridized carbons (Fsp3) is 0.292. The molecule has 6 nitrogen and oxygen atoms in total. The van der Waals surface area contributed by atoms with E-state index in [4.69, 9.17) is 9.94 Å². The van der Waals surface area contributed by atoms with Crippen LogP contribution in [0.4, 0.5) is 0 Å². The van der Waals surface area contributed by atoms with Gasteiger partial charge in [-0.15, -0.1) is 0 Å². The molecular formula is C24H27N3O3. The molecule has 3 rings (SSSR count). The van der Waals surface area contributed by atoms with Crippen LogP contribution in [0.5, 0.6) is 0 Å². The minimum Gasteiger partial charge on any atom is -0.481 e. The number of carboxylic acids is 1. The number of allylic oxidation sites excluding steroid dienone is 3. The van der Waals surface area contributed by atoms with Crippen molar-refractivity contribution >= 4 is 11.7 Å². The van der Waals surface area contributed by atoms with E-state index in [-0.39, 0.29) is 6.42 Å². The largest absolute Gasteiger partial charge is 0.481 e. The van der Waals surface area contributed by atoms with E-state index in [9.17, 15) is 4.79 Å². The Morgan fingerprint density at radius 1 is 1.17 bits per heavy atom. The fourth-order valence-corrected chi connectivity index (χ4v) is 3.16. The summed E-state index contributed by atoms with van der Waals surface area (Å²) < 4.78 is 0. The van der Waals surface area contributed by atoms with E-state index >= 15 is 0 Å². The molecule has 1 aliphatic rings. The second-order valence-electron chi connectivity index (χ2n) is 7.23. The average molecular weight is 405 g/mol. The van der Waals surface area contributed by atoms with E-state index in [0.717, 1.165) is 47.4 Å². The van der Waals surface area contributed by atoms with Crippen LogP contribution in [0.3, 0.4) is 0 Å². The van der Waals surface area contributed by atoms with Gasteiger partial charge in [-0.25, -0.2) is 0 Å². The van der Waals surface area contributed by atoms with Crippen LogP contribution in [0.15, 0.2) is 77.2 Å². The molecule has 0 fully saturated rings. The lowest BCUT2D eigenvalue weighted by Crippen LogP contribution is -2.21. The number of pyridine rings is 1. The zero-order valence-electron chi connectivity index (χ0n) is 17.2. The maximum Gasteiger partial charge on any atom is 0.304 e. The Kier molecular flexibility index (Phi) is 7.92. The van der Waals surface area contributed by atoms with Gasteiger partial charge in [0.1, 0.15) is 6.61 Å². The van der Waals surface area contributed by atoms with E-state index < -0.39 is 5.97 Å². The van der Waals surface area contributed by atoms with Gasteiger partial charge in [-0.2, -0.15) is 0 Å². The van der Waals surface area contributed by atoms with Crippen molar-refractivity contribution in [3.63, 3.8) is 0 Å². The fourth-order valence-electron chi connectivity index (χ4n) is 3.16. The summed E-state index contributed by atoms with van der Waals surface area (Å²) in [6, 6.07) is 12.2. The van der Waals surface area contributed by atoms with Crippen molar-refractivity contribution < 1.29 is 14.7 Å². The van der Waals surface area contributed by atoms with Gasteiger partial charge >= 0.3 is 5.97 Å². The SMILES string of the molecule is C/C(=N\OCc1ccc(-c2cccnc2)cc1)C1=CC=C(CNCCC(=O)O)CC1. The summed E-state index contributed by atoms with van der Waals surface area (Å²) >= 11 is 0. The minimum atomic E-state index is -0.779. The highest BCUT2D eigenvalue weighted by Crippen LogP contribution is 2.20. The van der Waals surface area contributed by atoms with Gasteiger partial charge in [-0.3, -0.25) is 9.78 Å². The highest BCUT2D eigenvalue weighted by Gasteiger charge is 2.09. The van der Waals surface area contributed by atoms with Crippen molar-refractivity contribution in [2.75, 3.05) is 13.1 Å². The first-order valence-corrected chi connectivity index (χ1v) is 10.1. The molecule has 0 spiro atoms. The lowest BCUT2D eigenvalue weighted by atomic mass is 9.96. The van der Waals surface area contributed by atoms with Gasteiger partial charge < -0.3 is 15.3 Å². The van der Waals surface area contributed by atoms with E-state index in [1.165, 1.54) is 5.57 Å². The summed E-state index contributed by atoms with van der Waals surface area (Å²) in [5.41, 5.74) is 6.59. The summed E-state index contributed by atoms with van der Waals surface area (Å²) in [6.07, 6.45) is 9.77. The highest BCUT2D eigenvalue weighted by atomic mass is 16.6. The first kappa shape index (κ1) is 21.5. The molecule has 1 heterocycles. The molecule has 6 heteroatoms. The monoisotopic (exact) mass is 405 g/mol. The summed E-state index contributed by atoms with van der Waals surface area (Å²) in [4.78, 5) is 20.2. The Labute approximate surface area is 177 Å². The normalized spacial score (nSPS) is 14.1. The maximum atomic E-state index is 10.5. The van der Waals surface area contributed by atoms with Crippen LogP contribution in [-0.4, -0.2) is 34.9 Å². The van der Waals surface area contributed by atoms with Gasteiger partial charge in [-0.05, 0) is 48.1 Å². The summed E-state index contributed by atoms with van der Waals surface area (Å²) in [5, 5.41) is 16.1. The van der Waals surface area contributed by atoms with Crippen molar-refractivity contribution in [3.05, 3.63) is 77.7 Å². The molecule has 0 bridgehead atoms. The standard InChI is InChI=1S/C24H27N3O3/c1-18(21-8-4-19(5-9-21)15-26-14-12-24(28)29)27-30-17-20-6-10-22(11-7-20)23-3-2-13-25-16-23/h2-4,6-8,10-11,13,16,26H,5,9,12,14-15,17H2,1H3,(H,28,29)/b27-18+. The summed E-state index contributed by atoms with van der Waals surface area (Å²) in [5.74, 6) is -0.779. The molecule has 0 radical (unpaired) electrons. The van der Waals surface area contributed by atoms with Crippen LogP contribution >= 0.6 is 0 Å². The number of hydrogen-bond acceptors (Lipinski definition) is 5. The predicted molar refractivity (Wildman–Crippen MR) is 118 cm³/mol. The number of oxime groups is 1. The topological polar surface area (TPSA) is 83.8 Å². The van der Waals surface area contributed by atoms with Crippen LogP contribution in [0.1, 0.15) is 31.7 Å². The predicted octanol–water partition coefficient (Wildman–Crippen LogP) is 4.35. The summed E-state index contributed by atoms with van der Waals surface area (Å²) in [7, 11) is 0. The molecule has 30 heavy (non-hydrogen) atoms. The van der Waals surface area contributed by atoms with Crippen LogP contribution in [-0.2, 0) is 16.2 Å². The number of aromatic nitrogens is 1. The molecule has 2 N–H and O–H groups in total. The molecule has 0 amide bonds. The van der Waals surface area contributed by atoms with Crippen LogP contribution < -0.4 is 5.32 Å². The molecule has 0 aliphatic heterocycles. The van der Waals surface area contributed by atoms with Crippen molar-refractivity contribution in [2.45, 2.75) is 32.8 Å². The molecule has 156 valence electrons. The zero-order valence-corrected chi connectivity index (χ0v) is 17.2. The van der Waals surface area contributed by atoms with Crippen molar-refractivity contribution in [1.82, 2.24) is 10.3 Å². The number of carboxylic acid groups (broad SMARTS) is 1. The van der Waals surface area contributed by atoms with Crippen LogP contribution in [0.2, 0.25) is 0 Å². The van der Waals surface area contributed by atoms with Gasteiger partial charge in [0.15, 0.2) is 0 Å². The second-order valence-corrected chi connectivity index (χ2v) is 7.23. The smallest absolute Gasteiger partial charge is 0.304 e. The lowest BCUT2D eigenvalue weighted by molar-refractivity contribution is -0.136. The molecule has 0 saturated heterocycles. The Morgan fingerprint density at radius 3 is 2.67 bits per heavy atom. The van der Waals surface area contributed by atoms with Crippen LogP contribution in [0.25, 0.3) is 11.1 Å². The van der Waals surface area contributed by atoms with E-state index in [1.54, 1.807) is 6.20 Å². The Balaban J connectivity index is 1.46. The second kappa shape index (κ2) is 11.1. The van der Waals surface area contributed by atoms with Crippen molar-refractivity contribution in [3.8, 4) is 11.1 Å². The molecule has 1 aliphatic carbocycles. The van der Waals surface area contributed by atoms with Gasteiger partial charge in [0.05, 0.1) is 12.1 Å². The van der Waals surface area contributed by atoms with E-state index in [2.05, 4.69) is 39.7 Å². The number of nitrogens with one attached hydrogen (secondary N) is 1. The van der Waals surface area contributed by atoms with E-state index in [0.29, 0.717) is 13.2 Å².